The van der Waals surface area contributed by atoms with Gasteiger partial charge >= 0.3 is 0 Å². The highest BCUT2D eigenvalue weighted by molar-refractivity contribution is 5.12. The van der Waals surface area contributed by atoms with E-state index in [0.29, 0.717) is 22.7 Å². The van der Waals surface area contributed by atoms with Crippen molar-refractivity contribution >= 4 is 0 Å². The molecule has 0 amide bonds. The molecular weight excluding hydrogens is 426 g/mol. The Kier molecular flexibility index (Phi) is 5.79. The van der Waals surface area contributed by atoms with E-state index in [2.05, 4.69) is 39.5 Å². The summed E-state index contributed by atoms with van der Waals surface area (Å²) >= 11 is 0. The van der Waals surface area contributed by atoms with Gasteiger partial charge in [-0.3, -0.25) is 4.90 Å². The quantitative estimate of drug-likeness (QED) is 0.618. The van der Waals surface area contributed by atoms with Crippen LogP contribution in [0.4, 0.5) is 0 Å². The van der Waals surface area contributed by atoms with Gasteiger partial charge in [-0.2, -0.15) is 0 Å². The minimum absolute atomic E-state index is 0.114. The summed E-state index contributed by atoms with van der Waals surface area (Å²) in [6.07, 6.45) is 9.88. The van der Waals surface area contributed by atoms with Gasteiger partial charge in [0.05, 0.1) is 31.5 Å². The molecule has 4 aliphatic carbocycles. The number of hydrogen-bond acceptors (Lipinski definition) is 5. The molecule has 4 saturated carbocycles. The monoisotopic (exact) mass is 475 g/mol. The molecule has 6 rings (SSSR count). The van der Waals surface area contributed by atoms with E-state index in [0.717, 1.165) is 63.5 Å². The largest absolute Gasteiger partial charge is 0.391 e. The Hall–Kier alpha value is -0.200. The third-order valence-corrected chi connectivity index (χ3v) is 12.1. The van der Waals surface area contributed by atoms with Gasteiger partial charge in [0.15, 0.2) is 5.79 Å². The van der Waals surface area contributed by atoms with Crippen molar-refractivity contribution < 1.29 is 19.3 Å². The smallest absolute Gasteiger partial charge is 0.169 e. The second-order valence-corrected chi connectivity index (χ2v) is 14.2. The molecule has 0 aromatic heterocycles. The molecule has 9 atom stereocenters. The molecule has 2 aliphatic heterocycles. The van der Waals surface area contributed by atoms with Crippen LogP contribution in [-0.4, -0.2) is 66.5 Å². The number of hydrogen-bond donors (Lipinski definition) is 1. The zero-order chi connectivity index (χ0) is 23.9. The highest BCUT2D eigenvalue weighted by Gasteiger charge is 2.64. The van der Waals surface area contributed by atoms with Crippen molar-refractivity contribution in [2.45, 2.75) is 110 Å². The maximum atomic E-state index is 11.3. The van der Waals surface area contributed by atoms with Crippen LogP contribution in [0.1, 0.15) is 86.0 Å². The topological polar surface area (TPSA) is 51.2 Å². The van der Waals surface area contributed by atoms with Gasteiger partial charge in [-0.25, -0.2) is 0 Å². The Balaban J connectivity index is 1.24. The van der Waals surface area contributed by atoms with Crippen molar-refractivity contribution in [1.82, 2.24) is 4.90 Å². The first-order chi connectivity index (χ1) is 16.1. The lowest BCUT2D eigenvalue weighted by Gasteiger charge is -2.63. The molecule has 2 saturated heterocycles. The van der Waals surface area contributed by atoms with E-state index in [9.17, 15) is 5.11 Å². The maximum Gasteiger partial charge on any atom is 0.169 e. The molecule has 0 aromatic carbocycles. The highest BCUT2D eigenvalue weighted by atomic mass is 16.7. The van der Waals surface area contributed by atoms with Gasteiger partial charge in [0.1, 0.15) is 0 Å². The Morgan fingerprint density at radius 3 is 2.26 bits per heavy atom. The van der Waals surface area contributed by atoms with Crippen molar-refractivity contribution in [1.29, 1.82) is 0 Å². The fourth-order valence-electron chi connectivity index (χ4n) is 10.6. The number of rotatable bonds is 2. The number of nitrogens with zero attached hydrogens (tertiary/aromatic N) is 1. The number of aliphatic hydroxyl groups excluding tert-OH is 1. The molecular formula is C29H49NO4. The van der Waals surface area contributed by atoms with Crippen LogP contribution in [-0.2, 0) is 14.2 Å². The van der Waals surface area contributed by atoms with Gasteiger partial charge in [0, 0.05) is 25.0 Å². The predicted octanol–water partition coefficient (Wildman–Crippen LogP) is 4.86. The lowest BCUT2D eigenvalue weighted by Crippen LogP contribution is -2.62. The minimum Gasteiger partial charge on any atom is -0.391 e. The Morgan fingerprint density at radius 2 is 1.53 bits per heavy atom. The molecule has 0 unspecified atom stereocenters. The summed E-state index contributed by atoms with van der Waals surface area (Å²) in [5.74, 6) is 3.24. The molecule has 1 N–H and O–H groups in total. The molecule has 0 spiro atoms. The fraction of sp³-hybridized carbons (Fsp3) is 1.00. The lowest BCUT2D eigenvalue weighted by atomic mass is 9.44. The predicted molar refractivity (Wildman–Crippen MR) is 132 cm³/mol. The first kappa shape index (κ1) is 24.2. The number of aliphatic hydroxyl groups is 1. The van der Waals surface area contributed by atoms with E-state index >= 15 is 0 Å². The van der Waals surface area contributed by atoms with Crippen LogP contribution in [0.5, 0.6) is 0 Å². The number of morpholine rings is 1. The molecule has 5 heteroatoms. The fourth-order valence-corrected chi connectivity index (χ4v) is 10.6. The average molecular weight is 476 g/mol. The van der Waals surface area contributed by atoms with E-state index < -0.39 is 0 Å². The van der Waals surface area contributed by atoms with E-state index in [1.165, 1.54) is 38.5 Å². The SMILES string of the molecule is CC1(C)CN([C@H]2C[C@@]3(C)[C@@H](CC[C@@H]4[C@@H]3CC[C@]3(C)[C@@H](C5(C)OCCO5)CC[C@@H]43)C[C@@H]2O)CCO1. The summed E-state index contributed by atoms with van der Waals surface area (Å²) in [7, 11) is 0. The van der Waals surface area contributed by atoms with Gasteiger partial charge < -0.3 is 19.3 Å². The highest BCUT2D eigenvalue weighted by Crippen LogP contribution is 2.69. The van der Waals surface area contributed by atoms with Crippen LogP contribution < -0.4 is 0 Å². The summed E-state index contributed by atoms with van der Waals surface area (Å²) < 4.78 is 18.5. The van der Waals surface area contributed by atoms with Crippen LogP contribution in [0.2, 0.25) is 0 Å². The molecule has 6 aliphatic rings. The van der Waals surface area contributed by atoms with Crippen molar-refractivity contribution in [3.63, 3.8) is 0 Å². The summed E-state index contributed by atoms with van der Waals surface area (Å²) in [4.78, 5) is 2.58. The van der Waals surface area contributed by atoms with E-state index in [1.807, 2.05) is 0 Å². The van der Waals surface area contributed by atoms with Gasteiger partial charge in [-0.15, -0.1) is 0 Å². The Morgan fingerprint density at radius 1 is 0.794 bits per heavy atom. The number of ether oxygens (including phenoxy) is 3. The zero-order valence-electron chi connectivity index (χ0n) is 22.4. The van der Waals surface area contributed by atoms with E-state index in [4.69, 9.17) is 14.2 Å². The van der Waals surface area contributed by atoms with Crippen molar-refractivity contribution in [3.05, 3.63) is 0 Å². The Bertz CT molecular complexity index is 780. The van der Waals surface area contributed by atoms with Gasteiger partial charge in [-0.1, -0.05) is 13.8 Å². The summed E-state index contributed by atoms with van der Waals surface area (Å²) in [6, 6.07) is 0.284. The van der Waals surface area contributed by atoms with E-state index in [1.54, 1.807) is 0 Å². The molecule has 34 heavy (non-hydrogen) atoms. The average Bonchev–Trinajstić information content (AvgIpc) is 3.37. The molecule has 0 radical (unpaired) electrons. The molecule has 0 bridgehead atoms. The normalized spacial score (nSPS) is 52.6. The van der Waals surface area contributed by atoms with Crippen LogP contribution >= 0.6 is 0 Å². The Labute approximate surface area is 207 Å². The van der Waals surface area contributed by atoms with Crippen molar-refractivity contribution in [2.75, 3.05) is 32.9 Å². The molecule has 194 valence electrons. The second kappa shape index (κ2) is 8.15. The standard InChI is InChI=1S/C29H49NO4/c1-26(2)18-30(12-13-32-26)23-17-28(4)19(16-24(23)31)6-7-20-21-8-9-25(29(5)33-14-15-34-29)27(21,3)11-10-22(20)28/h19-25,31H,6-18H2,1-5H3/t19-,20-,21-,22-,23-,24-,25-,27-,28-/m0/s1. The summed E-state index contributed by atoms with van der Waals surface area (Å²) in [5, 5.41) is 11.3. The molecule has 0 aromatic rings. The lowest BCUT2D eigenvalue weighted by molar-refractivity contribution is -0.221. The van der Waals surface area contributed by atoms with Crippen molar-refractivity contribution in [2.24, 2.45) is 40.4 Å². The van der Waals surface area contributed by atoms with Crippen LogP contribution in [0, 0.1) is 40.4 Å². The third kappa shape index (κ3) is 3.58. The minimum atomic E-state index is -0.374. The molecule has 2 heterocycles. The second-order valence-electron chi connectivity index (χ2n) is 14.2. The summed E-state index contributed by atoms with van der Waals surface area (Å²) in [6.45, 7) is 16.0. The van der Waals surface area contributed by atoms with Gasteiger partial charge in [0.25, 0.3) is 0 Å². The number of fused-ring (bicyclic) bond motifs is 5. The first-order valence-electron chi connectivity index (χ1n) is 14.4. The summed E-state index contributed by atoms with van der Waals surface area (Å²) in [5.41, 5.74) is 0.570. The molecule has 6 fully saturated rings. The maximum absolute atomic E-state index is 11.3. The van der Waals surface area contributed by atoms with Crippen LogP contribution in [0.25, 0.3) is 0 Å². The first-order valence-corrected chi connectivity index (χ1v) is 14.4. The third-order valence-electron chi connectivity index (χ3n) is 12.1. The van der Waals surface area contributed by atoms with Gasteiger partial charge in [0.2, 0.25) is 0 Å². The molecule has 5 nitrogen and oxygen atoms in total. The van der Waals surface area contributed by atoms with Crippen LogP contribution in [0.3, 0.4) is 0 Å². The zero-order valence-corrected chi connectivity index (χ0v) is 22.4. The van der Waals surface area contributed by atoms with E-state index in [-0.39, 0.29) is 23.5 Å². The van der Waals surface area contributed by atoms with Gasteiger partial charge in [-0.05, 0) is 107 Å². The van der Waals surface area contributed by atoms with Crippen LogP contribution in [0.15, 0.2) is 0 Å². The van der Waals surface area contributed by atoms with Crippen molar-refractivity contribution in [3.8, 4) is 0 Å².